The van der Waals surface area contributed by atoms with Gasteiger partial charge in [-0.05, 0) is 73.7 Å². The smallest absolute Gasteiger partial charge is 0.254 e. The number of carbonyl (C=O) groups is 2. The zero-order chi connectivity index (χ0) is 30.7. The topological polar surface area (TPSA) is 115 Å². The van der Waals surface area contributed by atoms with Crippen LogP contribution in [0, 0.1) is 0 Å². The number of Topliss-reactive ketones (excluding diaryl/α,β-unsaturated/α-hetero) is 1. The molecule has 0 saturated heterocycles. The summed E-state index contributed by atoms with van der Waals surface area (Å²) in [6.07, 6.45) is 0.811. The molecule has 0 spiro atoms. The first-order valence-corrected chi connectivity index (χ1v) is 14.2. The number of para-hydroxylation sites is 2. The first-order valence-electron chi connectivity index (χ1n) is 14.2. The Kier molecular flexibility index (Phi) is 8.61. The molecule has 9 nitrogen and oxygen atoms in total. The van der Waals surface area contributed by atoms with Crippen molar-refractivity contribution >= 4 is 17.4 Å². The number of nitrogens with one attached hydrogen (secondary N) is 2. The molecule has 9 heteroatoms. The van der Waals surface area contributed by atoms with Crippen molar-refractivity contribution in [2.45, 2.75) is 38.5 Å². The van der Waals surface area contributed by atoms with Gasteiger partial charge in [-0.25, -0.2) is 0 Å². The summed E-state index contributed by atoms with van der Waals surface area (Å²) in [6.45, 7) is 4.01. The molecule has 2 atom stereocenters. The molecule has 5 rings (SSSR count). The summed E-state index contributed by atoms with van der Waals surface area (Å²) in [6, 6.07) is 17.8. The maximum absolute atomic E-state index is 14.1. The molecule has 1 amide bonds. The molecule has 2 unspecified atom stereocenters. The van der Waals surface area contributed by atoms with Crippen LogP contribution in [-0.4, -0.2) is 44.7 Å². The van der Waals surface area contributed by atoms with Gasteiger partial charge in [0.1, 0.15) is 5.75 Å². The number of ether oxygens (including phenoxy) is 4. The Morgan fingerprint density at radius 3 is 2.33 bits per heavy atom. The fraction of sp³-hybridized carbons (Fsp3) is 0.294. The lowest BCUT2D eigenvalue weighted by atomic mass is 9.71. The molecule has 3 N–H and O–H groups in total. The lowest BCUT2D eigenvalue weighted by Crippen LogP contribution is -2.37. The van der Waals surface area contributed by atoms with Crippen molar-refractivity contribution in [3.8, 4) is 28.7 Å². The number of hydrogen-bond donors (Lipinski definition) is 3. The number of benzene rings is 3. The van der Waals surface area contributed by atoms with Crippen LogP contribution in [0.4, 0.5) is 5.69 Å². The van der Waals surface area contributed by atoms with Crippen molar-refractivity contribution in [1.29, 1.82) is 0 Å². The average molecular weight is 585 g/mol. The molecule has 0 fully saturated rings. The van der Waals surface area contributed by atoms with E-state index >= 15 is 0 Å². The lowest BCUT2D eigenvalue weighted by molar-refractivity contribution is -0.116. The molecule has 2 aliphatic rings. The van der Waals surface area contributed by atoms with Crippen molar-refractivity contribution in [3.63, 3.8) is 0 Å². The van der Waals surface area contributed by atoms with Crippen LogP contribution in [0.1, 0.15) is 49.7 Å². The molecule has 1 aliphatic heterocycles. The number of anilines is 1. The minimum Gasteiger partial charge on any atom is -0.504 e. The molecule has 3 aromatic carbocycles. The van der Waals surface area contributed by atoms with Gasteiger partial charge < -0.3 is 34.7 Å². The van der Waals surface area contributed by atoms with E-state index in [1.54, 1.807) is 45.6 Å². The highest BCUT2D eigenvalue weighted by Crippen LogP contribution is 2.47. The number of rotatable bonds is 9. The van der Waals surface area contributed by atoms with Crippen LogP contribution in [0.25, 0.3) is 0 Å². The second-order valence-corrected chi connectivity index (χ2v) is 10.4. The second kappa shape index (κ2) is 12.5. The van der Waals surface area contributed by atoms with Gasteiger partial charge in [0.15, 0.2) is 28.8 Å². The summed E-state index contributed by atoms with van der Waals surface area (Å²) in [7, 11) is 4.71. The summed E-state index contributed by atoms with van der Waals surface area (Å²) in [5, 5.41) is 16.8. The summed E-state index contributed by atoms with van der Waals surface area (Å²) in [5.41, 5.74) is 4.45. The second-order valence-electron chi connectivity index (χ2n) is 10.4. The molecule has 43 heavy (non-hydrogen) atoms. The number of phenols is 1. The van der Waals surface area contributed by atoms with Crippen LogP contribution in [0.2, 0.25) is 0 Å². The number of amides is 1. The van der Waals surface area contributed by atoms with Crippen LogP contribution >= 0.6 is 0 Å². The van der Waals surface area contributed by atoms with Crippen LogP contribution < -0.4 is 29.6 Å². The Hall–Kier alpha value is -4.92. The first-order chi connectivity index (χ1) is 20.8. The van der Waals surface area contributed by atoms with Gasteiger partial charge in [0, 0.05) is 34.9 Å². The van der Waals surface area contributed by atoms with Crippen LogP contribution in [0.3, 0.4) is 0 Å². The highest BCUT2D eigenvalue weighted by molar-refractivity contribution is 6.10. The largest absolute Gasteiger partial charge is 0.504 e. The molecule has 3 aromatic rings. The Morgan fingerprint density at radius 1 is 0.907 bits per heavy atom. The Labute approximate surface area is 251 Å². The highest BCUT2D eigenvalue weighted by Gasteiger charge is 2.41. The van der Waals surface area contributed by atoms with Gasteiger partial charge in [0.2, 0.25) is 0 Å². The molecule has 0 bridgehead atoms. The van der Waals surface area contributed by atoms with Crippen molar-refractivity contribution in [3.05, 3.63) is 94.3 Å². The van der Waals surface area contributed by atoms with Crippen molar-refractivity contribution < 1.29 is 33.6 Å². The van der Waals surface area contributed by atoms with Gasteiger partial charge in [0.05, 0.1) is 33.6 Å². The number of ketones is 1. The van der Waals surface area contributed by atoms with Crippen molar-refractivity contribution in [2.75, 3.05) is 33.3 Å². The fourth-order valence-corrected chi connectivity index (χ4v) is 5.93. The predicted molar refractivity (Wildman–Crippen MR) is 163 cm³/mol. The monoisotopic (exact) mass is 584 g/mol. The summed E-state index contributed by atoms with van der Waals surface area (Å²) < 4.78 is 22.0. The number of methoxy groups -OCH3 is 3. The Morgan fingerprint density at radius 2 is 1.60 bits per heavy atom. The predicted octanol–water partition coefficient (Wildman–Crippen LogP) is 5.82. The van der Waals surface area contributed by atoms with Gasteiger partial charge in [-0.1, -0.05) is 24.3 Å². The number of carbonyl (C=O) groups excluding carboxylic acids is 2. The van der Waals surface area contributed by atoms with Crippen LogP contribution in [0.5, 0.6) is 28.7 Å². The van der Waals surface area contributed by atoms with Gasteiger partial charge in [-0.15, -0.1) is 0 Å². The molecule has 0 aromatic heterocycles. The Balaban J connectivity index is 1.58. The van der Waals surface area contributed by atoms with Gasteiger partial charge >= 0.3 is 0 Å². The van der Waals surface area contributed by atoms with Crippen molar-refractivity contribution in [2.24, 2.45) is 0 Å². The number of dihydropyridines is 1. The van der Waals surface area contributed by atoms with Gasteiger partial charge in [-0.2, -0.15) is 0 Å². The fourth-order valence-electron chi connectivity index (χ4n) is 5.93. The third kappa shape index (κ3) is 5.75. The highest BCUT2D eigenvalue weighted by atomic mass is 16.5. The van der Waals surface area contributed by atoms with E-state index in [4.69, 9.17) is 18.9 Å². The average Bonchev–Trinajstić information content (AvgIpc) is 3.01. The quantitative estimate of drug-likeness (QED) is 0.288. The minimum absolute atomic E-state index is 0.0158. The molecule has 0 radical (unpaired) electrons. The molecule has 224 valence electrons. The summed E-state index contributed by atoms with van der Waals surface area (Å²) in [5.74, 6) is 0.772. The molecule has 1 aliphatic carbocycles. The molecular formula is C34H36N2O7. The third-order valence-corrected chi connectivity index (χ3v) is 7.92. The number of phenolic OH excluding ortho intramolecular Hbond substituents is 1. The number of allylic oxidation sites excluding steroid dienone is 3. The number of hydrogen-bond acceptors (Lipinski definition) is 8. The van der Waals surface area contributed by atoms with E-state index in [2.05, 4.69) is 10.6 Å². The maximum atomic E-state index is 14.1. The van der Waals surface area contributed by atoms with E-state index in [0.717, 1.165) is 11.3 Å². The standard InChI is InChI=1S/C34H36N2O7/c1-6-43-29-18-21(11-13-25(29)37)32-31(34(39)36-23-9-7-8-10-27(23)40-3)19(2)35-24-15-22(16-26(38)33(24)32)20-12-14-28(41-4)30(17-20)42-5/h7-14,17-18,22,32,35,37H,6,15-16H2,1-5H3,(H,36,39). The molecule has 1 heterocycles. The van der Waals surface area contributed by atoms with Gasteiger partial charge in [-0.3, -0.25) is 9.59 Å². The third-order valence-electron chi connectivity index (χ3n) is 7.92. The lowest BCUT2D eigenvalue weighted by Gasteiger charge is -2.37. The van der Waals surface area contributed by atoms with E-state index in [-0.39, 0.29) is 35.5 Å². The van der Waals surface area contributed by atoms with Gasteiger partial charge in [0.25, 0.3) is 5.91 Å². The van der Waals surface area contributed by atoms with E-state index in [0.29, 0.717) is 58.4 Å². The van der Waals surface area contributed by atoms with Crippen LogP contribution in [-0.2, 0) is 9.59 Å². The normalized spacial score (nSPS) is 18.0. The molecule has 0 saturated carbocycles. The van der Waals surface area contributed by atoms with E-state index in [1.165, 1.54) is 6.07 Å². The SMILES string of the molecule is CCOc1cc(C2C(C(=O)Nc3ccccc3OC)=C(C)NC3=C2C(=O)CC(c2ccc(OC)c(OC)c2)C3)ccc1O. The zero-order valence-electron chi connectivity index (χ0n) is 24.9. The van der Waals surface area contributed by atoms with E-state index in [1.807, 2.05) is 44.2 Å². The van der Waals surface area contributed by atoms with Crippen molar-refractivity contribution in [1.82, 2.24) is 5.32 Å². The molecular weight excluding hydrogens is 548 g/mol. The minimum atomic E-state index is -0.690. The number of aromatic hydroxyl groups is 1. The summed E-state index contributed by atoms with van der Waals surface area (Å²) >= 11 is 0. The van der Waals surface area contributed by atoms with E-state index < -0.39 is 5.92 Å². The summed E-state index contributed by atoms with van der Waals surface area (Å²) in [4.78, 5) is 28.1. The van der Waals surface area contributed by atoms with E-state index in [9.17, 15) is 14.7 Å². The zero-order valence-corrected chi connectivity index (χ0v) is 24.9. The first kappa shape index (κ1) is 29.6. The Bertz CT molecular complexity index is 1620. The maximum Gasteiger partial charge on any atom is 0.254 e. The van der Waals surface area contributed by atoms with Crippen LogP contribution in [0.15, 0.2) is 83.2 Å².